The van der Waals surface area contributed by atoms with Gasteiger partial charge in [-0.3, -0.25) is 9.69 Å². The van der Waals surface area contributed by atoms with E-state index in [9.17, 15) is 4.79 Å². The van der Waals surface area contributed by atoms with Gasteiger partial charge in [-0.05, 0) is 48.9 Å². The van der Waals surface area contributed by atoms with Crippen LogP contribution in [0.1, 0.15) is 6.42 Å². The highest BCUT2D eigenvalue weighted by Crippen LogP contribution is 2.33. The van der Waals surface area contributed by atoms with E-state index < -0.39 is 0 Å². The average Bonchev–Trinajstić information content (AvgIpc) is 3.32. The maximum Gasteiger partial charge on any atom is 0.267 e. The molecule has 1 aliphatic heterocycles. The number of hydrogen-bond donors (Lipinski definition) is 2. The Bertz CT molecular complexity index is 1280. The Morgan fingerprint density at radius 2 is 2.03 bits per heavy atom. The minimum absolute atomic E-state index is 0.242. The van der Waals surface area contributed by atoms with E-state index in [0.29, 0.717) is 33.2 Å². The molecule has 39 heavy (non-hydrogen) atoms. The van der Waals surface area contributed by atoms with Gasteiger partial charge in [-0.1, -0.05) is 35.2 Å². The number of anilines is 4. The summed E-state index contributed by atoms with van der Waals surface area (Å²) < 4.78 is 17.0. The number of aromatic nitrogens is 2. The zero-order chi connectivity index (χ0) is 27.8. The second-order valence-electron chi connectivity index (χ2n) is 8.93. The van der Waals surface area contributed by atoms with Crippen LogP contribution in [-0.2, 0) is 9.53 Å². The van der Waals surface area contributed by atoms with Gasteiger partial charge in [0.2, 0.25) is 11.9 Å². The second-order valence-corrected chi connectivity index (χ2v) is 10.2. The standard InChI is InChI=1S/C28H33IN6O4/c1-5-25(36)31-20-7-6-8-22(17-20)39-27-24(38-4)18-30-28(33-27)32-19-9-11-21(12-10-19)34(2)23-13-14-35(26(23)29)15-16-37-3/h5-12,17-18,23,26H,1,13-16H2,2-4H3,(H,31,36)(H,30,32,33). The Balaban J connectivity index is 1.43. The van der Waals surface area contributed by atoms with E-state index in [-0.39, 0.29) is 11.8 Å². The third-order valence-corrected chi connectivity index (χ3v) is 8.05. The van der Waals surface area contributed by atoms with Crippen LogP contribution in [0.25, 0.3) is 0 Å². The van der Waals surface area contributed by atoms with Gasteiger partial charge in [0.25, 0.3) is 5.88 Å². The molecule has 11 heteroatoms. The van der Waals surface area contributed by atoms with Crippen LogP contribution >= 0.6 is 22.6 Å². The second kappa shape index (κ2) is 13.6. The lowest BCUT2D eigenvalue weighted by atomic mass is 10.2. The summed E-state index contributed by atoms with van der Waals surface area (Å²) in [6, 6.07) is 15.6. The number of nitrogens with zero attached hydrogens (tertiary/aromatic N) is 4. The van der Waals surface area contributed by atoms with Gasteiger partial charge >= 0.3 is 0 Å². The summed E-state index contributed by atoms with van der Waals surface area (Å²) in [5.41, 5.74) is 2.56. The molecule has 0 radical (unpaired) electrons. The van der Waals surface area contributed by atoms with Crippen molar-refractivity contribution in [2.45, 2.75) is 16.5 Å². The molecule has 0 saturated carbocycles. The van der Waals surface area contributed by atoms with E-state index in [4.69, 9.17) is 14.2 Å². The lowest BCUT2D eigenvalue weighted by Crippen LogP contribution is -2.40. The number of carbonyl (C=O) groups excluding carboxylic acids is 1. The fraction of sp³-hybridized carbons (Fsp3) is 0.321. The van der Waals surface area contributed by atoms with Crippen molar-refractivity contribution in [3.8, 4) is 17.4 Å². The summed E-state index contributed by atoms with van der Waals surface area (Å²) in [6.45, 7) is 6.23. The largest absolute Gasteiger partial charge is 0.490 e. The number of ether oxygens (including phenoxy) is 3. The topological polar surface area (TPSA) is 101 Å². The molecule has 4 rings (SSSR count). The van der Waals surface area contributed by atoms with Crippen molar-refractivity contribution in [3.05, 3.63) is 67.4 Å². The smallest absolute Gasteiger partial charge is 0.267 e. The quantitative estimate of drug-likeness (QED) is 0.121. The van der Waals surface area contributed by atoms with Crippen molar-refractivity contribution in [2.24, 2.45) is 0 Å². The number of nitrogens with one attached hydrogen (secondary N) is 2. The lowest BCUT2D eigenvalue weighted by molar-refractivity contribution is -0.111. The fourth-order valence-electron chi connectivity index (χ4n) is 4.30. The average molecular weight is 645 g/mol. The first kappa shape index (κ1) is 28.6. The van der Waals surface area contributed by atoms with E-state index in [0.717, 1.165) is 37.5 Å². The summed E-state index contributed by atoms with van der Waals surface area (Å²) in [7, 11) is 5.41. The molecule has 3 aromatic rings. The maximum atomic E-state index is 11.6. The monoisotopic (exact) mass is 644 g/mol. The van der Waals surface area contributed by atoms with Crippen molar-refractivity contribution in [3.63, 3.8) is 0 Å². The van der Waals surface area contributed by atoms with Crippen molar-refractivity contribution in [2.75, 3.05) is 56.5 Å². The summed E-state index contributed by atoms with van der Waals surface area (Å²) in [5, 5.41) is 5.94. The number of carbonyl (C=O) groups is 1. The highest BCUT2D eigenvalue weighted by molar-refractivity contribution is 14.1. The third-order valence-electron chi connectivity index (χ3n) is 6.43. The minimum Gasteiger partial charge on any atom is -0.490 e. The molecule has 1 saturated heterocycles. The molecule has 1 fully saturated rings. The number of alkyl halides is 1. The predicted molar refractivity (Wildman–Crippen MR) is 162 cm³/mol. The normalized spacial score (nSPS) is 16.9. The predicted octanol–water partition coefficient (Wildman–Crippen LogP) is 5.06. The fourth-order valence-corrected chi connectivity index (χ4v) is 5.69. The Morgan fingerprint density at radius 1 is 1.23 bits per heavy atom. The summed E-state index contributed by atoms with van der Waals surface area (Å²) in [4.78, 5) is 25.3. The molecule has 1 aromatic heterocycles. The van der Waals surface area contributed by atoms with E-state index >= 15 is 0 Å². The molecule has 206 valence electrons. The van der Waals surface area contributed by atoms with Gasteiger partial charge in [0, 0.05) is 50.4 Å². The summed E-state index contributed by atoms with van der Waals surface area (Å²) in [6.07, 6.45) is 3.86. The Hall–Kier alpha value is -3.42. The molecule has 0 bridgehead atoms. The van der Waals surface area contributed by atoms with Gasteiger partial charge < -0.3 is 29.7 Å². The molecule has 0 aliphatic carbocycles. The lowest BCUT2D eigenvalue weighted by Gasteiger charge is -2.31. The SMILES string of the molecule is C=CC(=O)Nc1cccc(Oc2nc(Nc3ccc(N(C)C4CCN(CCOC)C4I)cc3)ncc2OC)c1. The van der Waals surface area contributed by atoms with E-state index in [1.807, 2.05) is 12.1 Å². The number of amides is 1. The van der Waals surface area contributed by atoms with Gasteiger partial charge in [0.05, 0.1) is 30.0 Å². The van der Waals surface area contributed by atoms with Crippen LogP contribution in [-0.4, -0.2) is 71.8 Å². The molecule has 1 aliphatic rings. The highest BCUT2D eigenvalue weighted by Gasteiger charge is 2.34. The molecule has 2 atom stereocenters. The molecule has 2 heterocycles. The number of rotatable bonds is 12. The van der Waals surface area contributed by atoms with Gasteiger partial charge in [-0.2, -0.15) is 4.98 Å². The van der Waals surface area contributed by atoms with Crippen LogP contribution < -0.4 is 25.0 Å². The number of hydrogen-bond acceptors (Lipinski definition) is 9. The first-order chi connectivity index (χ1) is 18.9. The van der Waals surface area contributed by atoms with Crippen molar-refractivity contribution in [1.82, 2.24) is 14.9 Å². The third kappa shape index (κ3) is 7.37. The van der Waals surface area contributed by atoms with Crippen LogP contribution in [0.5, 0.6) is 17.4 Å². The molecule has 2 aromatic carbocycles. The molecule has 2 N–H and O–H groups in total. The number of benzene rings is 2. The Kier molecular flexibility index (Phi) is 9.96. The Labute approximate surface area is 242 Å². The molecule has 1 amide bonds. The Morgan fingerprint density at radius 3 is 2.74 bits per heavy atom. The van der Waals surface area contributed by atoms with E-state index in [2.05, 4.69) is 78.8 Å². The molecule has 2 unspecified atom stereocenters. The van der Waals surface area contributed by atoms with E-state index in [1.54, 1.807) is 37.6 Å². The van der Waals surface area contributed by atoms with Crippen LogP contribution in [0.2, 0.25) is 0 Å². The van der Waals surface area contributed by atoms with Crippen LogP contribution in [0.4, 0.5) is 23.0 Å². The van der Waals surface area contributed by atoms with Crippen LogP contribution in [0.15, 0.2) is 67.4 Å². The molecule has 0 spiro atoms. The van der Waals surface area contributed by atoms with Crippen molar-refractivity contribution >= 4 is 51.5 Å². The number of halogens is 1. The number of methoxy groups -OCH3 is 2. The zero-order valence-electron chi connectivity index (χ0n) is 22.3. The first-order valence-corrected chi connectivity index (χ1v) is 13.8. The van der Waals surface area contributed by atoms with Gasteiger partial charge in [-0.15, -0.1) is 0 Å². The first-order valence-electron chi connectivity index (χ1n) is 12.5. The molecular weight excluding hydrogens is 611 g/mol. The summed E-state index contributed by atoms with van der Waals surface area (Å²) in [5.74, 6) is 1.15. The highest BCUT2D eigenvalue weighted by atomic mass is 127. The number of likely N-dealkylation sites (tertiary alicyclic amines) is 1. The van der Waals surface area contributed by atoms with E-state index in [1.165, 1.54) is 13.2 Å². The van der Waals surface area contributed by atoms with Crippen molar-refractivity contribution < 1.29 is 19.0 Å². The van der Waals surface area contributed by atoms with Gasteiger partial charge in [0.15, 0.2) is 5.75 Å². The van der Waals surface area contributed by atoms with Crippen LogP contribution in [0.3, 0.4) is 0 Å². The molecule has 10 nitrogen and oxygen atoms in total. The maximum absolute atomic E-state index is 11.6. The van der Waals surface area contributed by atoms with Gasteiger partial charge in [0.1, 0.15) is 5.75 Å². The number of likely N-dealkylation sites (N-methyl/N-ethyl adjacent to an activating group) is 1. The minimum atomic E-state index is -0.308. The van der Waals surface area contributed by atoms with Crippen LogP contribution in [0, 0.1) is 0 Å². The zero-order valence-corrected chi connectivity index (χ0v) is 24.4. The van der Waals surface area contributed by atoms with Crippen molar-refractivity contribution in [1.29, 1.82) is 0 Å². The summed E-state index contributed by atoms with van der Waals surface area (Å²) >= 11 is 2.54. The van der Waals surface area contributed by atoms with Gasteiger partial charge in [-0.25, -0.2) is 4.98 Å². The molecular formula is C28H33IN6O4.